The van der Waals surface area contributed by atoms with Crippen LogP contribution in [0.2, 0.25) is 0 Å². The first-order valence-corrected chi connectivity index (χ1v) is 13.1. The van der Waals surface area contributed by atoms with Crippen LogP contribution >= 0.6 is 0 Å². The zero-order valence-corrected chi connectivity index (χ0v) is 18.9. The van der Waals surface area contributed by atoms with E-state index in [2.05, 4.69) is 10.0 Å². The van der Waals surface area contributed by atoms with Crippen molar-refractivity contribution in [2.45, 2.75) is 42.5 Å². The van der Waals surface area contributed by atoms with Crippen molar-refractivity contribution in [1.82, 2.24) is 10.0 Å². The van der Waals surface area contributed by atoms with Gasteiger partial charge in [-0.2, -0.15) is 0 Å². The van der Waals surface area contributed by atoms with Crippen molar-refractivity contribution >= 4 is 25.9 Å². The number of sulfonamides is 1. The molecule has 1 saturated heterocycles. The molecular weight excluding hydrogens is 420 g/mol. The maximum absolute atomic E-state index is 13.0. The maximum atomic E-state index is 13.0. The van der Waals surface area contributed by atoms with Crippen LogP contribution in [-0.2, 0) is 19.9 Å². The number of benzene rings is 2. The zero-order chi connectivity index (χ0) is 21.8. The third-order valence-corrected chi connectivity index (χ3v) is 8.42. The number of hydrogen-bond acceptors (Lipinski definition) is 5. The molecule has 0 saturated carbocycles. The van der Waals surface area contributed by atoms with Crippen molar-refractivity contribution in [3.8, 4) is 0 Å². The van der Waals surface area contributed by atoms with E-state index in [0.717, 1.165) is 37.1 Å². The van der Waals surface area contributed by atoms with Crippen molar-refractivity contribution in [2.24, 2.45) is 0 Å². The molecule has 162 valence electrons. The van der Waals surface area contributed by atoms with E-state index in [1.165, 1.54) is 0 Å². The summed E-state index contributed by atoms with van der Waals surface area (Å²) in [6, 6.07) is 11.5. The summed E-state index contributed by atoms with van der Waals surface area (Å²) in [6.45, 7) is 5.37. The SMILES string of the molecule is Cc1cc(S(=O)(=O)c2ccccc2)cc(C=CCS(=O)(=O)NC2CCNCC2)c1C. The van der Waals surface area contributed by atoms with Gasteiger partial charge in [0.1, 0.15) is 0 Å². The van der Waals surface area contributed by atoms with E-state index in [9.17, 15) is 16.8 Å². The summed E-state index contributed by atoms with van der Waals surface area (Å²) in [5.41, 5.74) is 2.45. The molecule has 0 bridgehead atoms. The lowest BCUT2D eigenvalue weighted by molar-refractivity contribution is 0.427. The Kier molecular flexibility index (Phi) is 7.13. The fourth-order valence-electron chi connectivity index (χ4n) is 3.46. The average Bonchev–Trinajstić information content (AvgIpc) is 2.72. The lowest BCUT2D eigenvalue weighted by Gasteiger charge is -2.23. The van der Waals surface area contributed by atoms with Crippen LogP contribution in [0.3, 0.4) is 0 Å². The van der Waals surface area contributed by atoms with Crippen LogP contribution in [-0.4, -0.2) is 41.7 Å². The van der Waals surface area contributed by atoms with E-state index in [-0.39, 0.29) is 21.6 Å². The number of hydrogen-bond donors (Lipinski definition) is 2. The Morgan fingerprint density at radius 2 is 1.67 bits per heavy atom. The monoisotopic (exact) mass is 448 g/mol. The first-order chi connectivity index (χ1) is 14.2. The number of aryl methyl sites for hydroxylation is 1. The normalized spacial score (nSPS) is 16.2. The van der Waals surface area contributed by atoms with Gasteiger partial charge in [0.2, 0.25) is 19.9 Å². The topological polar surface area (TPSA) is 92.3 Å². The van der Waals surface area contributed by atoms with E-state index in [4.69, 9.17) is 0 Å². The summed E-state index contributed by atoms with van der Waals surface area (Å²) in [4.78, 5) is 0.434. The van der Waals surface area contributed by atoms with Gasteiger partial charge in [-0.05, 0) is 80.7 Å². The van der Waals surface area contributed by atoms with Gasteiger partial charge >= 0.3 is 0 Å². The average molecular weight is 449 g/mol. The Morgan fingerprint density at radius 3 is 2.33 bits per heavy atom. The number of piperidine rings is 1. The highest BCUT2D eigenvalue weighted by molar-refractivity contribution is 7.91. The van der Waals surface area contributed by atoms with Gasteiger partial charge < -0.3 is 5.32 Å². The molecule has 2 N–H and O–H groups in total. The summed E-state index contributed by atoms with van der Waals surface area (Å²) in [7, 11) is -7.08. The highest BCUT2D eigenvalue weighted by Gasteiger charge is 2.20. The van der Waals surface area contributed by atoms with Gasteiger partial charge in [-0.3, -0.25) is 0 Å². The first kappa shape index (κ1) is 22.7. The van der Waals surface area contributed by atoms with Crippen molar-refractivity contribution in [2.75, 3.05) is 18.8 Å². The van der Waals surface area contributed by atoms with Crippen molar-refractivity contribution in [1.29, 1.82) is 0 Å². The molecule has 0 radical (unpaired) electrons. The summed E-state index contributed by atoms with van der Waals surface area (Å²) in [6.07, 6.45) is 4.82. The molecule has 2 aromatic rings. The van der Waals surface area contributed by atoms with E-state index >= 15 is 0 Å². The summed E-state index contributed by atoms with van der Waals surface area (Å²) in [5, 5.41) is 3.21. The highest BCUT2D eigenvalue weighted by Crippen LogP contribution is 2.26. The molecule has 8 heteroatoms. The van der Waals surface area contributed by atoms with E-state index in [1.54, 1.807) is 54.6 Å². The molecule has 1 heterocycles. The number of rotatable bonds is 7. The van der Waals surface area contributed by atoms with E-state index < -0.39 is 19.9 Å². The van der Waals surface area contributed by atoms with Gasteiger partial charge in [-0.15, -0.1) is 0 Å². The molecule has 0 atom stereocenters. The zero-order valence-electron chi connectivity index (χ0n) is 17.3. The Hall–Kier alpha value is -2.00. The Labute approximate surface area is 179 Å². The first-order valence-electron chi connectivity index (χ1n) is 9.98. The van der Waals surface area contributed by atoms with Gasteiger partial charge in [-0.25, -0.2) is 21.6 Å². The number of nitrogens with one attached hydrogen (secondary N) is 2. The number of sulfone groups is 1. The van der Waals surface area contributed by atoms with Crippen LogP contribution < -0.4 is 10.0 Å². The van der Waals surface area contributed by atoms with Crippen LogP contribution in [0.25, 0.3) is 6.08 Å². The summed E-state index contributed by atoms with van der Waals surface area (Å²) < 4.78 is 53.4. The minimum Gasteiger partial charge on any atom is -0.317 e. The smallest absolute Gasteiger partial charge is 0.215 e. The molecular formula is C22H28N2O4S2. The second-order valence-electron chi connectivity index (χ2n) is 7.60. The quantitative estimate of drug-likeness (QED) is 0.680. The van der Waals surface area contributed by atoms with Crippen LogP contribution in [0.15, 0.2) is 58.3 Å². The standard InChI is InChI=1S/C22H28N2O4S2/c1-17-15-22(30(27,28)21-8-4-3-5-9-21)16-19(18(17)2)7-6-14-29(25,26)24-20-10-12-23-13-11-20/h3-9,15-16,20,23-24H,10-14H2,1-2H3. The lowest BCUT2D eigenvalue weighted by atomic mass is 10.0. The highest BCUT2D eigenvalue weighted by atomic mass is 32.2. The Morgan fingerprint density at radius 1 is 1.00 bits per heavy atom. The van der Waals surface area contributed by atoms with Crippen LogP contribution in [0.1, 0.15) is 29.5 Å². The van der Waals surface area contributed by atoms with Crippen molar-refractivity contribution in [3.05, 3.63) is 65.2 Å². The molecule has 0 unspecified atom stereocenters. The molecule has 30 heavy (non-hydrogen) atoms. The van der Waals surface area contributed by atoms with Gasteiger partial charge in [0, 0.05) is 6.04 Å². The van der Waals surface area contributed by atoms with Crippen LogP contribution in [0, 0.1) is 13.8 Å². The van der Waals surface area contributed by atoms with Crippen molar-refractivity contribution < 1.29 is 16.8 Å². The lowest BCUT2D eigenvalue weighted by Crippen LogP contribution is -2.43. The van der Waals surface area contributed by atoms with Crippen LogP contribution in [0.4, 0.5) is 0 Å². The minimum absolute atomic E-state index is 0.0343. The predicted molar refractivity (Wildman–Crippen MR) is 120 cm³/mol. The minimum atomic E-state index is -3.64. The molecule has 0 aliphatic carbocycles. The molecule has 1 fully saturated rings. The largest absolute Gasteiger partial charge is 0.317 e. The van der Waals surface area contributed by atoms with Gasteiger partial charge in [0.25, 0.3) is 0 Å². The molecule has 0 amide bonds. The third kappa shape index (κ3) is 5.57. The van der Waals surface area contributed by atoms with Gasteiger partial charge in [0.05, 0.1) is 15.5 Å². The van der Waals surface area contributed by atoms with Crippen LogP contribution in [0.5, 0.6) is 0 Å². The van der Waals surface area contributed by atoms with E-state index in [1.807, 2.05) is 13.8 Å². The van der Waals surface area contributed by atoms with Gasteiger partial charge in [-0.1, -0.05) is 30.4 Å². The van der Waals surface area contributed by atoms with Gasteiger partial charge in [0.15, 0.2) is 0 Å². The third-order valence-electron chi connectivity index (χ3n) is 5.34. The molecule has 1 aliphatic rings. The molecule has 2 aromatic carbocycles. The molecule has 6 nitrogen and oxygen atoms in total. The van der Waals surface area contributed by atoms with E-state index in [0.29, 0.717) is 5.56 Å². The maximum Gasteiger partial charge on any atom is 0.215 e. The fraction of sp³-hybridized carbons (Fsp3) is 0.364. The summed E-state index contributed by atoms with van der Waals surface area (Å²) >= 11 is 0. The Bertz CT molecular complexity index is 1120. The second kappa shape index (κ2) is 9.43. The molecule has 0 spiro atoms. The predicted octanol–water partition coefficient (Wildman–Crippen LogP) is 2.82. The Balaban J connectivity index is 1.80. The summed E-state index contributed by atoms with van der Waals surface area (Å²) in [5.74, 6) is -0.148. The van der Waals surface area contributed by atoms with Crippen molar-refractivity contribution in [3.63, 3.8) is 0 Å². The fourth-order valence-corrected chi connectivity index (χ4v) is 6.05. The molecule has 1 aliphatic heterocycles. The molecule has 3 rings (SSSR count). The molecule has 0 aromatic heterocycles. The second-order valence-corrected chi connectivity index (χ2v) is 11.3.